The molecule has 34 heavy (non-hydrogen) atoms. The molecule has 0 unspecified atom stereocenters. The molecule has 0 N–H and O–H groups in total. The van der Waals surface area contributed by atoms with E-state index in [0.717, 1.165) is 12.2 Å². The van der Waals surface area contributed by atoms with Crippen LogP contribution in [0.1, 0.15) is 18.1 Å². The van der Waals surface area contributed by atoms with Gasteiger partial charge >= 0.3 is 0 Å². The van der Waals surface area contributed by atoms with Crippen LogP contribution in [-0.2, 0) is 17.8 Å². The Labute approximate surface area is 202 Å². The first-order valence-electron chi connectivity index (χ1n) is 11.4. The van der Waals surface area contributed by atoms with Crippen molar-refractivity contribution in [3.8, 4) is 11.4 Å². The van der Waals surface area contributed by atoms with Crippen LogP contribution in [0, 0.1) is 0 Å². The molecular formula is C27H25N3O3S. The lowest BCUT2D eigenvalue weighted by Crippen LogP contribution is -2.37. The Hall–Kier alpha value is -3.58. The van der Waals surface area contributed by atoms with Gasteiger partial charge in [-0.05, 0) is 60.9 Å². The molecule has 3 aromatic carbocycles. The lowest BCUT2D eigenvalue weighted by Gasteiger charge is -2.28. The number of ether oxygens (including phenoxy) is 1. The van der Waals surface area contributed by atoms with E-state index in [1.165, 1.54) is 22.9 Å². The van der Waals surface area contributed by atoms with Gasteiger partial charge in [-0.25, -0.2) is 4.98 Å². The lowest BCUT2D eigenvalue weighted by atomic mass is 10.00. The monoisotopic (exact) mass is 471 g/mol. The summed E-state index contributed by atoms with van der Waals surface area (Å²) >= 11 is 1.30. The van der Waals surface area contributed by atoms with Gasteiger partial charge in [-0.3, -0.25) is 14.2 Å². The molecule has 1 aromatic heterocycles. The van der Waals surface area contributed by atoms with Crippen molar-refractivity contribution in [3.63, 3.8) is 0 Å². The average molecular weight is 472 g/mol. The number of aromatic nitrogens is 2. The van der Waals surface area contributed by atoms with Crippen LogP contribution in [0.3, 0.4) is 0 Å². The van der Waals surface area contributed by atoms with Gasteiger partial charge in [-0.2, -0.15) is 0 Å². The second-order valence-corrected chi connectivity index (χ2v) is 9.04. The smallest absolute Gasteiger partial charge is 0.266 e. The van der Waals surface area contributed by atoms with Gasteiger partial charge in [0.05, 0.1) is 29.0 Å². The Morgan fingerprint density at radius 1 is 1.00 bits per heavy atom. The number of hydrogen-bond donors (Lipinski definition) is 0. The predicted octanol–water partition coefficient (Wildman–Crippen LogP) is 4.46. The Morgan fingerprint density at radius 2 is 1.74 bits per heavy atom. The molecule has 1 aliphatic heterocycles. The fourth-order valence-corrected chi connectivity index (χ4v) is 5.14. The number of rotatable bonds is 6. The second kappa shape index (κ2) is 9.73. The lowest BCUT2D eigenvalue weighted by molar-refractivity contribution is -0.129. The third-order valence-electron chi connectivity index (χ3n) is 5.96. The van der Waals surface area contributed by atoms with E-state index in [1.54, 1.807) is 10.6 Å². The highest BCUT2D eigenvalue weighted by Gasteiger charge is 2.22. The van der Waals surface area contributed by atoms with Crippen LogP contribution in [0.15, 0.2) is 82.7 Å². The molecule has 6 nitrogen and oxygen atoms in total. The molecule has 0 saturated heterocycles. The summed E-state index contributed by atoms with van der Waals surface area (Å²) in [4.78, 5) is 33.1. The van der Waals surface area contributed by atoms with Crippen molar-refractivity contribution in [1.82, 2.24) is 14.5 Å². The van der Waals surface area contributed by atoms with Gasteiger partial charge < -0.3 is 9.64 Å². The molecule has 5 rings (SSSR count). The van der Waals surface area contributed by atoms with Gasteiger partial charge in [0.1, 0.15) is 5.75 Å². The molecule has 1 amide bonds. The van der Waals surface area contributed by atoms with Crippen molar-refractivity contribution in [2.24, 2.45) is 0 Å². The van der Waals surface area contributed by atoms with Crippen LogP contribution < -0.4 is 10.3 Å². The highest BCUT2D eigenvalue weighted by atomic mass is 32.2. The van der Waals surface area contributed by atoms with Crippen LogP contribution in [-0.4, -0.2) is 39.3 Å². The highest BCUT2D eigenvalue weighted by Crippen LogP contribution is 2.25. The van der Waals surface area contributed by atoms with Crippen molar-refractivity contribution in [1.29, 1.82) is 0 Å². The van der Waals surface area contributed by atoms with E-state index in [0.29, 0.717) is 41.4 Å². The Morgan fingerprint density at radius 3 is 2.53 bits per heavy atom. The topological polar surface area (TPSA) is 64.4 Å². The largest absolute Gasteiger partial charge is 0.494 e. The minimum Gasteiger partial charge on any atom is -0.494 e. The van der Waals surface area contributed by atoms with Crippen molar-refractivity contribution in [2.75, 3.05) is 18.9 Å². The Kier molecular flexibility index (Phi) is 6.36. The molecule has 0 atom stereocenters. The van der Waals surface area contributed by atoms with Gasteiger partial charge in [-0.1, -0.05) is 48.2 Å². The van der Waals surface area contributed by atoms with Crippen molar-refractivity contribution in [2.45, 2.75) is 25.0 Å². The molecule has 0 bridgehead atoms. The third-order valence-corrected chi connectivity index (χ3v) is 6.88. The number of para-hydroxylation sites is 1. The summed E-state index contributed by atoms with van der Waals surface area (Å²) in [6, 6.07) is 22.9. The zero-order valence-corrected chi connectivity index (χ0v) is 19.8. The van der Waals surface area contributed by atoms with Crippen molar-refractivity contribution >= 4 is 28.6 Å². The van der Waals surface area contributed by atoms with Crippen LogP contribution in [0.5, 0.6) is 5.75 Å². The molecule has 0 radical (unpaired) electrons. The van der Waals surface area contributed by atoms with E-state index in [1.807, 2.05) is 66.4 Å². The molecule has 0 aliphatic carbocycles. The standard InChI is InChI=1S/C27H25N3O3S/c1-2-33-22-13-11-21(12-14-22)30-26(32)23-9-5-6-10-24(23)28-27(30)34-18-25(31)29-16-15-19-7-3-4-8-20(19)17-29/h3-14H,2,15-18H2,1H3. The molecule has 172 valence electrons. The number of thioether (sulfide) groups is 1. The first kappa shape index (κ1) is 22.2. The number of carbonyl (C=O) groups is 1. The fourth-order valence-electron chi connectivity index (χ4n) is 4.22. The average Bonchev–Trinajstić information content (AvgIpc) is 2.88. The van der Waals surface area contributed by atoms with Gasteiger partial charge in [0.2, 0.25) is 5.91 Å². The Bertz CT molecular complexity index is 1400. The van der Waals surface area contributed by atoms with E-state index in [-0.39, 0.29) is 17.2 Å². The normalized spacial score (nSPS) is 13.0. The number of nitrogens with zero attached hydrogens (tertiary/aromatic N) is 3. The molecule has 7 heteroatoms. The van der Waals surface area contributed by atoms with E-state index in [4.69, 9.17) is 9.72 Å². The molecule has 0 spiro atoms. The quantitative estimate of drug-likeness (QED) is 0.307. The van der Waals surface area contributed by atoms with Gasteiger partial charge in [0, 0.05) is 13.1 Å². The number of amides is 1. The number of hydrogen-bond acceptors (Lipinski definition) is 5. The van der Waals surface area contributed by atoms with Crippen molar-refractivity contribution in [3.05, 3.63) is 94.3 Å². The molecule has 4 aromatic rings. The first-order valence-corrected chi connectivity index (χ1v) is 12.3. The summed E-state index contributed by atoms with van der Waals surface area (Å²) in [6.45, 7) is 3.82. The maximum absolute atomic E-state index is 13.4. The molecular weight excluding hydrogens is 446 g/mol. The minimum atomic E-state index is -0.156. The molecule has 0 saturated carbocycles. The number of fused-ring (bicyclic) bond motifs is 2. The van der Waals surface area contributed by atoms with E-state index < -0.39 is 0 Å². The van der Waals surface area contributed by atoms with E-state index in [2.05, 4.69) is 12.1 Å². The summed E-state index contributed by atoms with van der Waals surface area (Å²) in [5.41, 5.74) is 3.66. The third kappa shape index (κ3) is 4.43. The molecule has 1 aliphatic rings. The predicted molar refractivity (Wildman–Crippen MR) is 135 cm³/mol. The van der Waals surface area contributed by atoms with E-state index >= 15 is 0 Å². The minimum absolute atomic E-state index is 0.0418. The van der Waals surface area contributed by atoms with Gasteiger partial charge in [-0.15, -0.1) is 0 Å². The summed E-state index contributed by atoms with van der Waals surface area (Å²) in [7, 11) is 0. The SMILES string of the molecule is CCOc1ccc(-n2c(SCC(=O)N3CCc4ccccc4C3)nc3ccccc3c2=O)cc1. The van der Waals surface area contributed by atoms with Crippen LogP contribution in [0.2, 0.25) is 0 Å². The summed E-state index contributed by atoms with van der Waals surface area (Å²) in [5, 5.41) is 1.04. The van der Waals surface area contributed by atoms with E-state index in [9.17, 15) is 9.59 Å². The zero-order valence-electron chi connectivity index (χ0n) is 18.9. The Balaban J connectivity index is 1.44. The highest BCUT2D eigenvalue weighted by molar-refractivity contribution is 7.99. The van der Waals surface area contributed by atoms with Crippen LogP contribution in [0.4, 0.5) is 0 Å². The number of benzene rings is 3. The van der Waals surface area contributed by atoms with Crippen LogP contribution in [0.25, 0.3) is 16.6 Å². The van der Waals surface area contributed by atoms with Crippen molar-refractivity contribution < 1.29 is 9.53 Å². The maximum atomic E-state index is 13.4. The first-order chi connectivity index (χ1) is 16.6. The summed E-state index contributed by atoms with van der Waals surface area (Å²) in [5.74, 6) is 0.993. The van der Waals surface area contributed by atoms with Crippen LogP contribution >= 0.6 is 11.8 Å². The fraction of sp³-hybridized carbons (Fsp3) is 0.222. The summed E-state index contributed by atoms with van der Waals surface area (Å²) in [6.07, 6.45) is 0.859. The summed E-state index contributed by atoms with van der Waals surface area (Å²) < 4.78 is 7.13. The zero-order chi connectivity index (χ0) is 23.5. The maximum Gasteiger partial charge on any atom is 0.266 e. The number of carbonyl (C=O) groups excluding carboxylic acids is 1. The second-order valence-electron chi connectivity index (χ2n) is 8.10. The van der Waals surface area contributed by atoms with Gasteiger partial charge in [0.25, 0.3) is 5.56 Å². The van der Waals surface area contributed by atoms with Gasteiger partial charge in [0.15, 0.2) is 5.16 Å². The molecule has 0 fully saturated rings. The molecule has 2 heterocycles.